The van der Waals surface area contributed by atoms with Crippen LogP contribution >= 0.6 is 0 Å². The molecule has 0 amide bonds. The molecule has 318 valence electrons. The third kappa shape index (κ3) is 7.67. The molecule has 0 N–H and O–H groups in total. The molecule has 2 aromatic heterocycles. The van der Waals surface area contributed by atoms with Crippen LogP contribution < -0.4 is 0 Å². The zero-order valence-electron chi connectivity index (χ0n) is 37.0. The Balaban J connectivity index is 1.29. The minimum atomic E-state index is -4.45. The fraction of sp³-hybridized carbons (Fsp3) is 0.121. The van der Waals surface area contributed by atoms with Crippen LogP contribution in [-0.2, 0) is 6.18 Å². The molecule has 0 saturated carbocycles. The van der Waals surface area contributed by atoms with Gasteiger partial charge in [0.2, 0.25) is 0 Å². The van der Waals surface area contributed by atoms with Crippen LogP contribution in [0.2, 0.25) is 0 Å². The van der Waals surface area contributed by atoms with Crippen LogP contribution in [0, 0.1) is 41.5 Å². The van der Waals surface area contributed by atoms with Crippen molar-refractivity contribution in [3.05, 3.63) is 203 Å². The van der Waals surface area contributed by atoms with E-state index in [1.165, 1.54) is 56.6 Å². The van der Waals surface area contributed by atoms with Gasteiger partial charge in [-0.15, -0.1) is 0 Å². The molecule has 10 aromatic rings. The molecule has 7 heteroatoms. The Hall–Kier alpha value is -7.64. The number of benzene rings is 8. The van der Waals surface area contributed by atoms with Crippen molar-refractivity contribution in [3.8, 4) is 73.2 Å². The van der Waals surface area contributed by atoms with E-state index in [0.717, 1.165) is 73.0 Å². The SMILES string of the molecule is Cc1cc(C)c(-c2ccc3c(c2)c2cc(-c4c(C)cc(C)cc4C)ccc2n3-c2cc(-c3ccc(C(F)(F)F)cc3)ccc2-c2nc(-c3ccccc3)nc(-c3ccccc3)n2)c(C)c1. The van der Waals surface area contributed by atoms with Gasteiger partial charge in [-0.1, -0.05) is 126 Å². The molecule has 0 unspecified atom stereocenters. The molecule has 0 saturated heterocycles. The Bertz CT molecular complexity index is 3240. The molecule has 4 nitrogen and oxygen atoms in total. The third-order valence-corrected chi connectivity index (χ3v) is 12.4. The van der Waals surface area contributed by atoms with E-state index in [-0.39, 0.29) is 0 Å². The molecule has 0 fully saturated rings. The van der Waals surface area contributed by atoms with Crippen LogP contribution in [0.25, 0.3) is 95.0 Å². The van der Waals surface area contributed by atoms with E-state index < -0.39 is 11.7 Å². The van der Waals surface area contributed by atoms with Crippen molar-refractivity contribution in [2.75, 3.05) is 0 Å². The first-order chi connectivity index (χ1) is 31.3. The van der Waals surface area contributed by atoms with Gasteiger partial charge in [-0.25, -0.2) is 15.0 Å². The van der Waals surface area contributed by atoms with Crippen LogP contribution in [0.4, 0.5) is 13.2 Å². The lowest BCUT2D eigenvalue weighted by atomic mass is 9.91. The first kappa shape index (κ1) is 41.4. The number of rotatable bonds is 7. The molecule has 0 aliphatic rings. The Morgan fingerprint density at radius 1 is 0.385 bits per heavy atom. The molecule has 65 heavy (non-hydrogen) atoms. The quantitative estimate of drug-likeness (QED) is 0.160. The van der Waals surface area contributed by atoms with Gasteiger partial charge < -0.3 is 4.57 Å². The van der Waals surface area contributed by atoms with Crippen LogP contribution in [0.1, 0.15) is 38.9 Å². The second kappa shape index (κ2) is 16.2. The van der Waals surface area contributed by atoms with Gasteiger partial charge in [0.05, 0.1) is 22.3 Å². The van der Waals surface area contributed by atoms with Gasteiger partial charge in [-0.3, -0.25) is 0 Å². The molecular formula is C58H45F3N4. The highest BCUT2D eigenvalue weighted by Crippen LogP contribution is 2.43. The highest BCUT2D eigenvalue weighted by molar-refractivity contribution is 6.12. The largest absolute Gasteiger partial charge is 0.416 e. The zero-order valence-corrected chi connectivity index (χ0v) is 37.0. The number of hydrogen-bond donors (Lipinski definition) is 0. The van der Waals surface area contributed by atoms with E-state index in [1.807, 2.05) is 72.8 Å². The number of hydrogen-bond acceptors (Lipinski definition) is 3. The van der Waals surface area contributed by atoms with Crippen LogP contribution in [0.15, 0.2) is 164 Å². The lowest BCUT2D eigenvalue weighted by Crippen LogP contribution is -2.05. The molecule has 0 radical (unpaired) electrons. The molecule has 8 aromatic carbocycles. The maximum Gasteiger partial charge on any atom is 0.416 e. The molecule has 0 bridgehead atoms. The Labute approximate surface area is 376 Å². The van der Waals surface area contributed by atoms with E-state index in [2.05, 4.69) is 113 Å². The van der Waals surface area contributed by atoms with E-state index in [4.69, 9.17) is 15.0 Å². The van der Waals surface area contributed by atoms with E-state index in [1.54, 1.807) is 0 Å². The summed E-state index contributed by atoms with van der Waals surface area (Å²) in [5, 5.41) is 2.13. The van der Waals surface area contributed by atoms with Crippen molar-refractivity contribution in [1.82, 2.24) is 19.5 Å². The van der Waals surface area contributed by atoms with Gasteiger partial charge in [0.1, 0.15) is 0 Å². The molecule has 0 atom stereocenters. The summed E-state index contributed by atoms with van der Waals surface area (Å²) in [4.78, 5) is 15.3. The summed E-state index contributed by atoms with van der Waals surface area (Å²) in [5.41, 5.74) is 17.8. The van der Waals surface area contributed by atoms with Gasteiger partial charge >= 0.3 is 6.18 Å². The number of aryl methyl sites for hydroxylation is 6. The molecular weight excluding hydrogens is 810 g/mol. The summed E-state index contributed by atoms with van der Waals surface area (Å²) in [6.07, 6.45) is -4.45. The average molecular weight is 855 g/mol. The monoisotopic (exact) mass is 854 g/mol. The summed E-state index contributed by atoms with van der Waals surface area (Å²) < 4.78 is 43.6. The van der Waals surface area contributed by atoms with Gasteiger partial charge in [-0.05, 0) is 146 Å². The first-order valence-electron chi connectivity index (χ1n) is 21.7. The third-order valence-electron chi connectivity index (χ3n) is 12.4. The standard InChI is InChI=1S/C58H45F3N4/c1-34-27-36(3)53(37(4)28-34)44-20-25-50-48(31-44)49-32-45(54-38(5)29-35(2)30-39(54)6)21-26-51(49)65(50)52-33-43(40-17-22-46(23-18-40)58(59,60)61)19-24-47(52)57-63-55(41-13-9-7-10-14-41)62-56(64-57)42-15-11-8-12-16-42/h7-33H,1-6H3. The summed E-state index contributed by atoms with van der Waals surface area (Å²) in [6, 6.07) is 53.4. The summed E-state index contributed by atoms with van der Waals surface area (Å²) in [6.45, 7) is 12.9. The Morgan fingerprint density at radius 2 is 0.800 bits per heavy atom. The predicted octanol–water partition coefficient (Wildman–Crippen LogP) is 15.8. The predicted molar refractivity (Wildman–Crippen MR) is 260 cm³/mol. The van der Waals surface area contributed by atoms with E-state index >= 15 is 0 Å². The first-order valence-corrected chi connectivity index (χ1v) is 21.7. The summed E-state index contributed by atoms with van der Waals surface area (Å²) in [7, 11) is 0. The number of alkyl halides is 3. The molecule has 10 rings (SSSR count). The van der Waals surface area contributed by atoms with Crippen molar-refractivity contribution in [2.45, 2.75) is 47.7 Å². The van der Waals surface area contributed by atoms with Crippen molar-refractivity contribution < 1.29 is 13.2 Å². The molecule has 2 heterocycles. The minimum Gasteiger partial charge on any atom is -0.308 e. The maximum atomic E-state index is 13.8. The lowest BCUT2D eigenvalue weighted by Gasteiger charge is -2.17. The van der Waals surface area contributed by atoms with E-state index in [0.29, 0.717) is 23.0 Å². The fourth-order valence-electron chi connectivity index (χ4n) is 9.73. The van der Waals surface area contributed by atoms with Crippen molar-refractivity contribution in [2.24, 2.45) is 0 Å². The smallest absolute Gasteiger partial charge is 0.308 e. The van der Waals surface area contributed by atoms with E-state index in [9.17, 15) is 13.2 Å². The van der Waals surface area contributed by atoms with Gasteiger partial charge in [0.25, 0.3) is 0 Å². The van der Waals surface area contributed by atoms with Crippen molar-refractivity contribution in [1.29, 1.82) is 0 Å². The van der Waals surface area contributed by atoms with Gasteiger partial charge in [-0.2, -0.15) is 13.2 Å². The highest BCUT2D eigenvalue weighted by atomic mass is 19.4. The molecule has 0 aliphatic carbocycles. The second-order valence-electron chi connectivity index (χ2n) is 17.2. The molecule has 0 spiro atoms. The minimum absolute atomic E-state index is 0.465. The van der Waals surface area contributed by atoms with Crippen LogP contribution in [0.3, 0.4) is 0 Å². The fourth-order valence-corrected chi connectivity index (χ4v) is 9.73. The second-order valence-corrected chi connectivity index (χ2v) is 17.2. The molecule has 0 aliphatic heterocycles. The number of aromatic nitrogens is 4. The lowest BCUT2D eigenvalue weighted by molar-refractivity contribution is -0.137. The average Bonchev–Trinajstić information content (AvgIpc) is 3.61. The number of fused-ring (bicyclic) bond motifs is 3. The van der Waals surface area contributed by atoms with Gasteiger partial charge in [0, 0.05) is 27.5 Å². The van der Waals surface area contributed by atoms with Crippen LogP contribution in [0.5, 0.6) is 0 Å². The summed E-state index contributed by atoms with van der Waals surface area (Å²) in [5.74, 6) is 1.51. The zero-order chi connectivity index (χ0) is 45.1. The normalized spacial score (nSPS) is 11.8. The number of halogens is 3. The summed E-state index contributed by atoms with van der Waals surface area (Å²) >= 11 is 0. The topological polar surface area (TPSA) is 43.6 Å². The van der Waals surface area contributed by atoms with Crippen molar-refractivity contribution >= 4 is 21.8 Å². The highest BCUT2D eigenvalue weighted by Gasteiger charge is 2.30. The van der Waals surface area contributed by atoms with Crippen molar-refractivity contribution in [3.63, 3.8) is 0 Å². The van der Waals surface area contributed by atoms with Crippen LogP contribution in [-0.4, -0.2) is 19.5 Å². The van der Waals surface area contributed by atoms with Gasteiger partial charge in [0.15, 0.2) is 17.5 Å². The maximum absolute atomic E-state index is 13.8. The Kier molecular flexibility index (Phi) is 10.3. The Morgan fingerprint density at radius 3 is 1.25 bits per heavy atom. The number of nitrogens with zero attached hydrogens (tertiary/aromatic N) is 4.